The molecule has 1 atom stereocenters. The predicted octanol–water partition coefficient (Wildman–Crippen LogP) is 2.07. The molecule has 0 amide bonds. The molecule has 76 valence electrons. The fraction of sp³-hybridized carbons (Fsp3) is 0.500. The van der Waals surface area contributed by atoms with E-state index in [2.05, 4.69) is 38.8 Å². The van der Waals surface area contributed by atoms with Crippen LogP contribution in [0.3, 0.4) is 0 Å². The summed E-state index contributed by atoms with van der Waals surface area (Å²) in [5.41, 5.74) is 1.16. The molecular weight excluding hydrogens is 244 g/mol. The summed E-state index contributed by atoms with van der Waals surface area (Å²) in [6.45, 7) is 4.78. The first-order valence-electron chi connectivity index (χ1n) is 4.73. The molecule has 0 aromatic carbocycles. The van der Waals surface area contributed by atoms with E-state index in [1.807, 2.05) is 6.20 Å². The summed E-state index contributed by atoms with van der Waals surface area (Å²) in [5.74, 6) is 0. The number of hydrogen-bond acceptors (Lipinski definition) is 3. The van der Waals surface area contributed by atoms with E-state index in [9.17, 15) is 0 Å². The third-order valence-corrected chi connectivity index (χ3v) is 2.73. The molecule has 1 aromatic heterocycles. The molecule has 0 saturated carbocycles. The molecule has 1 aliphatic heterocycles. The van der Waals surface area contributed by atoms with E-state index in [0.717, 1.165) is 29.9 Å². The van der Waals surface area contributed by atoms with Crippen molar-refractivity contribution in [2.24, 2.45) is 0 Å². The molecule has 1 aromatic rings. The van der Waals surface area contributed by atoms with Gasteiger partial charge in [0.1, 0.15) is 0 Å². The van der Waals surface area contributed by atoms with Crippen LogP contribution in [0.15, 0.2) is 22.9 Å². The molecule has 0 aliphatic carbocycles. The maximum absolute atomic E-state index is 5.49. The number of ether oxygens (including phenoxy) is 1. The van der Waals surface area contributed by atoms with Gasteiger partial charge in [-0.15, -0.1) is 0 Å². The van der Waals surface area contributed by atoms with Crippen LogP contribution in [0.1, 0.15) is 6.92 Å². The highest BCUT2D eigenvalue weighted by Crippen LogP contribution is 2.20. The van der Waals surface area contributed by atoms with E-state index in [-0.39, 0.29) is 0 Å². The predicted molar refractivity (Wildman–Crippen MR) is 59.6 cm³/mol. The van der Waals surface area contributed by atoms with Gasteiger partial charge in [-0.05, 0) is 28.9 Å². The van der Waals surface area contributed by atoms with Gasteiger partial charge in [0.25, 0.3) is 0 Å². The normalized spacial score (nSPS) is 22.4. The van der Waals surface area contributed by atoms with E-state index in [1.54, 1.807) is 6.20 Å². The molecular formula is C10H13BrN2O. The van der Waals surface area contributed by atoms with Gasteiger partial charge in [0.05, 0.1) is 24.6 Å². The van der Waals surface area contributed by atoms with Crippen LogP contribution in [0.4, 0.5) is 5.69 Å². The number of nitrogens with zero attached hydrogens (tertiary/aromatic N) is 2. The number of aromatic nitrogens is 1. The largest absolute Gasteiger partial charge is 0.375 e. The molecule has 1 fully saturated rings. The molecule has 1 aliphatic rings. The first-order valence-corrected chi connectivity index (χ1v) is 5.52. The van der Waals surface area contributed by atoms with E-state index >= 15 is 0 Å². The second-order valence-electron chi connectivity index (χ2n) is 3.49. The first-order chi connectivity index (χ1) is 6.75. The number of hydrogen-bond donors (Lipinski definition) is 0. The zero-order chi connectivity index (χ0) is 9.97. The number of anilines is 1. The Labute approximate surface area is 92.2 Å². The Hall–Kier alpha value is -0.610. The van der Waals surface area contributed by atoms with Crippen molar-refractivity contribution in [2.75, 3.05) is 24.6 Å². The molecule has 0 N–H and O–H groups in total. The summed E-state index contributed by atoms with van der Waals surface area (Å²) in [4.78, 5) is 6.45. The summed E-state index contributed by atoms with van der Waals surface area (Å²) in [6, 6.07) is 2.09. The fourth-order valence-electron chi connectivity index (χ4n) is 1.63. The van der Waals surface area contributed by atoms with Crippen molar-refractivity contribution in [1.29, 1.82) is 0 Å². The average molecular weight is 257 g/mol. The molecule has 1 unspecified atom stereocenters. The molecule has 2 heterocycles. The summed E-state index contributed by atoms with van der Waals surface area (Å²) in [6.07, 6.45) is 4.00. The van der Waals surface area contributed by atoms with Crippen molar-refractivity contribution < 1.29 is 4.74 Å². The monoisotopic (exact) mass is 256 g/mol. The fourth-order valence-corrected chi connectivity index (χ4v) is 1.98. The molecule has 0 radical (unpaired) electrons. The summed E-state index contributed by atoms with van der Waals surface area (Å²) in [7, 11) is 0. The van der Waals surface area contributed by atoms with Gasteiger partial charge in [-0.3, -0.25) is 4.98 Å². The van der Waals surface area contributed by atoms with Crippen LogP contribution in [-0.4, -0.2) is 30.8 Å². The second kappa shape index (κ2) is 4.28. The minimum atomic E-state index is 0.308. The molecule has 1 saturated heterocycles. The Bertz CT molecular complexity index is 319. The zero-order valence-corrected chi connectivity index (χ0v) is 9.70. The van der Waals surface area contributed by atoms with Crippen LogP contribution in [-0.2, 0) is 4.74 Å². The minimum Gasteiger partial charge on any atom is -0.375 e. The van der Waals surface area contributed by atoms with Gasteiger partial charge >= 0.3 is 0 Å². The highest BCUT2D eigenvalue weighted by molar-refractivity contribution is 9.10. The second-order valence-corrected chi connectivity index (χ2v) is 4.40. The first kappa shape index (κ1) is 9.93. The van der Waals surface area contributed by atoms with Crippen molar-refractivity contribution in [1.82, 2.24) is 4.98 Å². The summed E-state index contributed by atoms with van der Waals surface area (Å²) < 4.78 is 6.51. The number of halogens is 1. The molecule has 14 heavy (non-hydrogen) atoms. The van der Waals surface area contributed by atoms with E-state index in [0.29, 0.717) is 6.10 Å². The maximum Gasteiger partial charge on any atom is 0.0722 e. The van der Waals surface area contributed by atoms with Gasteiger partial charge in [-0.25, -0.2) is 0 Å². The van der Waals surface area contributed by atoms with E-state index in [1.165, 1.54) is 0 Å². The van der Waals surface area contributed by atoms with Crippen LogP contribution < -0.4 is 4.90 Å². The summed E-state index contributed by atoms with van der Waals surface area (Å²) >= 11 is 3.42. The molecule has 0 spiro atoms. The van der Waals surface area contributed by atoms with Crippen molar-refractivity contribution in [3.63, 3.8) is 0 Å². The standard InChI is InChI=1S/C10H13BrN2O/c1-8-7-13(2-3-14-8)10-4-9(11)5-12-6-10/h4-6,8H,2-3,7H2,1H3. The number of pyridine rings is 1. The Morgan fingerprint density at radius 1 is 1.57 bits per heavy atom. The molecule has 3 nitrogen and oxygen atoms in total. The Morgan fingerprint density at radius 3 is 3.14 bits per heavy atom. The molecule has 4 heteroatoms. The molecule has 2 rings (SSSR count). The van der Waals surface area contributed by atoms with Crippen molar-refractivity contribution in [3.05, 3.63) is 22.9 Å². The van der Waals surface area contributed by atoms with Crippen LogP contribution in [0, 0.1) is 0 Å². The zero-order valence-electron chi connectivity index (χ0n) is 8.11. The summed E-state index contributed by atoms with van der Waals surface area (Å²) in [5, 5.41) is 0. The highest BCUT2D eigenvalue weighted by Gasteiger charge is 2.16. The van der Waals surface area contributed by atoms with Crippen molar-refractivity contribution in [3.8, 4) is 0 Å². The number of morpholine rings is 1. The van der Waals surface area contributed by atoms with Crippen LogP contribution in [0.5, 0.6) is 0 Å². The molecule has 0 bridgehead atoms. The van der Waals surface area contributed by atoms with Gasteiger partial charge in [-0.1, -0.05) is 0 Å². The maximum atomic E-state index is 5.49. The smallest absolute Gasteiger partial charge is 0.0722 e. The number of rotatable bonds is 1. The Balaban J connectivity index is 2.14. The quantitative estimate of drug-likeness (QED) is 0.770. The van der Waals surface area contributed by atoms with Gasteiger partial charge in [-0.2, -0.15) is 0 Å². The topological polar surface area (TPSA) is 25.4 Å². The average Bonchev–Trinajstić information content (AvgIpc) is 2.18. The highest BCUT2D eigenvalue weighted by atomic mass is 79.9. The minimum absolute atomic E-state index is 0.308. The third kappa shape index (κ3) is 2.25. The van der Waals surface area contributed by atoms with Crippen LogP contribution in [0.2, 0.25) is 0 Å². The van der Waals surface area contributed by atoms with Gasteiger partial charge in [0.15, 0.2) is 0 Å². The van der Waals surface area contributed by atoms with Crippen molar-refractivity contribution >= 4 is 21.6 Å². The lowest BCUT2D eigenvalue weighted by Crippen LogP contribution is -2.41. The van der Waals surface area contributed by atoms with E-state index < -0.39 is 0 Å². The van der Waals surface area contributed by atoms with Gasteiger partial charge < -0.3 is 9.64 Å². The van der Waals surface area contributed by atoms with Gasteiger partial charge in [0.2, 0.25) is 0 Å². The Morgan fingerprint density at radius 2 is 2.43 bits per heavy atom. The van der Waals surface area contributed by atoms with Crippen molar-refractivity contribution in [2.45, 2.75) is 13.0 Å². The van der Waals surface area contributed by atoms with Crippen LogP contribution >= 0.6 is 15.9 Å². The van der Waals surface area contributed by atoms with Crippen LogP contribution in [0.25, 0.3) is 0 Å². The lowest BCUT2D eigenvalue weighted by molar-refractivity contribution is 0.0532. The van der Waals surface area contributed by atoms with Gasteiger partial charge in [0, 0.05) is 23.8 Å². The third-order valence-electron chi connectivity index (χ3n) is 2.30. The van der Waals surface area contributed by atoms with E-state index in [4.69, 9.17) is 4.74 Å². The SMILES string of the molecule is CC1CN(c2cncc(Br)c2)CCO1. The lowest BCUT2D eigenvalue weighted by atomic mass is 10.2. The Kier molecular flexibility index (Phi) is 3.03. The lowest BCUT2D eigenvalue weighted by Gasteiger charge is -2.32.